The summed E-state index contributed by atoms with van der Waals surface area (Å²) in [5, 5.41) is 8.90. The molecule has 0 unspecified atom stereocenters. The summed E-state index contributed by atoms with van der Waals surface area (Å²) in [6.45, 7) is 0. The van der Waals surface area contributed by atoms with Crippen LogP contribution in [0.1, 0.15) is 0 Å². The average Bonchev–Trinajstić information content (AvgIpc) is 2.05. The molecule has 11 heavy (non-hydrogen) atoms. The third kappa shape index (κ3) is 2.19. The van der Waals surface area contributed by atoms with Gasteiger partial charge in [0, 0.05) is 0 Å². The molecule has 1 heterocycles. The van der Waals surface area contributed by atoms with E-state index in [1.807, 2.05) is 0 Å². The third-order valence-electron chi connectivity index (χ3n) is 0.993. The fourth-order valence-corrected chi connectivity index (χ4v) is 1.71. The first-order chi connectivity index (χ1) is 5.24. The number of rotatable bonds is 1. The van der Waals surface area contributed by atoms with Gasteiger partial charge in [0.1, 0.15) is 3.69 Å². The standard InChI is InChI=1S/C6H6INO3/c1-11-6(10)4-2-3-5(9)7-8-4/h2-3,9H,1H3. The number of methoxy groups -OCH3 is 1. The maximum Gasteiger partial charge on any atom is 0.357 e. The summed E-state index contributed by atoms with van der Waals surface area (Å²) in [6.07, 6.45) is 2.93. The highest BCUT2D eigenvalue weighted by molar-refractivity contribution is 14.2. The van der Waals surface area contributed by atoms with E-state index in [0.29, 0.717) is 0 Å². The zero-order valence-corrected chi connectivity index (χ0v) is 7.90. The van der Waals surface area contributed by atoms with Gasteiger partial charge >= 0.3 is 5.97 Å². The van der Waals surface area contributed by atoms with Gasteiger partial charge in [-0.15, -0.1) is 0 Å². The van der Waals surface area contributed by atoms with Crippen LogP contribution in [0.4, 0.5) is 0 Å². The molecule has 0 saturated heterocycles. The molecule has 1 aliphatic heterocycles. The summed E-state index contributed by atoms with van der Waals surface area (Å²) in [5.74, 6) is -0.451. The number of carbonyl (C=O) groups excluding carboxylic acids is 1. The van der Waals surface area contributed by atoms with Crippen molar-refractivity contribution in [2.45, 2.75) is 0 Å². The molecule has 0 aromatic rings. The molecule has 1 N–H and O–H groups in total. The van der Waals surface area contributed by atoms with E-state index >= 15 is 0 Å². The zero-order valence-electron chi connectivity index (χ0n) is 5.74. The number of aliphatic hydroxyl groups excluding tert-OH is 1. The Morgan fingerprint density at radius 2 is 2.45 bits per heavy atom. The number of hydrogen-bond acceptors (Lipinski definition) is 4. The lowest BCUT2D eigenvalue weighted by molar-refractivity contribution is -0.132. The second-order valence-electron chi connectivity index (χ2n) is 1.70. The van der Waals surface area contributed by atoms with Gasteiger partial charge < -0.3 is 9.84 Å². The lowest BCUT2D eigenvalue weighted by Gasteiger charge is -1.99. The van der Waals surface area contributed by atoms with Crippen LogP contribution in [-0.2, 0) is 9.53 Å². The van der Waals surface area contributed by atoms with E-state index in [2.05, 4.69) is 7.94 Å². The quantitative estimate of drug-likeness (QED) is 0.557. The molecule has 1 aliphatic rings. The van der Waals surface area contributed by atoms with Gasteiger partial charge in [0.05, 0.1) is 28.1 Å². The monoisotopic (exact) mass is 267 g/mol. The van der Waals surface area contributed by atoms with Crippen molar-refractivity contribution in [2.75, 3.05) is 7.11 Å². The van der Waals surface area contributed by atoms with Crippen molar-refractivity contribution in [1.82, 2.24) is 0 Å². The van der Waals surface area contributed by atoms with E-state index in [9.17, 15) is 4.79 Å². The first kappa shape index (κ1) is 8.54. The topological polar surface area (TPSA) is 58.9 Å². The van der Waals surface area contributed by atoms with Crippen molar-refractivity contribution < 1.29 is 14.6 Å². The van der Waals surface area contributed by atoms with E-state index in [1.54, 1.807) is 0 Å². The molecule has 0 bridgehead atoms. The molecule has 0 amide bonds. The largest absolute Gasteiger partial charge is 0.464 e. The summed E-state index contributed by atoms with van der Waals surface area (Å²) in [6, 6.07) is 0. The minimum Gasteiger partial charge on any atom is -0.464 e. The molecule has 0 aromatic heterocycles. The Bertz CT molecular complexity index is 267. The van der Waals surface area contributed by atoms with Gasteiger partial charge in [-0.1, -0.05) is 0 Å². The van der Waals surface area contributed by atoms with Crippen LogP contribution in [0.2, 0.25) is 0 Å². The Kier molecular flexibility index (Phi) is 2.89. The van der Waals surface area contributed by atoms with Gasteiger partial charge in [0.25, 0.3) is 0 Å². The van der Waals surface area contributed by atoms with Crippen LogP contribution in [0.5, 0.6) is 0 Å². The third-order valence-corrected chi connectivity index (χ3v) is 2.61. The lowest BCUT2D eigenvalue weighted by Crippen LogP contribution is -2.14. The summed E-state index contributed by atoms with van der Waals surface area (Å²) >= 11 is -0.755. The summed E-state index contributed by atoms with van der Waals surface area (Å²) in [7, 11) is 1.30. The maximum atomic E-state index is 10.8. The van der Waals surface area contributed by atoms with Gasteiger partial charge in [0.15, 0.2) is 5.71 Å². The van der Waals surface area contributed by atoms with E-state index < -0.39 is 27.0 Å². The van der Waals surface area contributed by atoms with Crippen molar-refractivity contribution in [2.24, 2.45) is 3.21 Å². The minimum absolute atomic E-state index is 0.261. The van der Waals surface area contributed by atoms with Crippen LogP contribution in [0.15, 0.2) is 15.4 Å². The molecule has 0 radical (unpaired) electrons. The van der Waals surface area contributed by atoms with Crippen LogP contribution in [-0.4, -0.2) is 27.6 Å². The van der Waals surface area contributed by atoms with E-state index in [1.165, 1.54) is 19.3 Å². The van der Waals surface area contributed by atoms with Crippen molar-refractivity contribution in [3.8, 4) is 0 Å². The van der Waals surface area contributed by atoms with Gasteiger partial charge in [-0.05, 0) is 12.2 Å². The van der Waals surface area contributed by atoms with Crippen LogP contribution in [0.25, 0.3) is 0 Å². The fourth-order valence-electron chi connectivity index (χ4n) is 0.500. The van der Waals surface area contributed by atoms with E-state index in [-0.39, 0.29) is 9.41 Å². The molecule has 1 rings (SSSR count). The SMILES string of the molecule is COC(=O)C1=NI=C(O)C=C1. The second-order valence-corrected chi connectivity index (χ2v) is 3.77. The van der Waals surface area contributed by atoms with Crippen molar-refractivity contribution in [3.05, 3.63) is 12.2 Å². The highest BCUT2D eigenvalue weighted by Crippen LogP contribution is 2.09. The number of nitrogens with zero attached hydrogens (tertiary/aromatic N) is 1. The highest BCUT2D eigenvalue weighted by atomic mass is 127. The Labute approximate surface area is 73.7 Å². The summed E-state index contributed by atoms with van der Waals surface area (Å²) < 4.78 is 8.55. The Balaban J connectivity index is 2.79. The number of hydrogen-bond donors (Lipinski definition) is 1. The molecule has 5 heteroatoms. The highest BCUT2D eigenvalue weighted by Gasteiger charge is 2.09. The predicted molar refractivity (Wildman–Crippen MR) is 49.6 cm³/mol. The van der Waals surface area contributed by atoms with Crippen LogP contribution < -0.4 is 0 Å². The molecule has 0 spiro atoms. The normalized spacial score (nSPS) is 16.2. The molecule has 0 atom stereocenters. The smallest absolute Gasteiger partial charge is 0.357 e. The molecule has 0 aliphatic carbocycles. The van der Waals surface area contributed by atoms with Gasteiger partial charge in [-0.2, -0.15) is 0 Å². The predicted octanol–water partition coefficient (Wildman–Crippen LogP) is 0.558. The lowest BCUT2D eigenvalue weighted by atomic mass is 10.3. The number of carbonyl (C=O) groups is 1. The Hall–Kier alpha value is -0.560. The van der Waals surface area contributed by atoms with Crippen molar-refractivity contribution >= 4 is 36.4 Å². The van der Waals surface area contributed by atoms with Crippen LogP contribution in [0.3, 0.4) is 0 Å². The van der Waals surface area contributed by atoms with Gasteiger partial charge in [-0.25, -0.2) is 8.00 Å². The number of ether oxygens (including phenoxy) is 1. The number of esters is 1. The fraction of sp³-hybridized carbons (Fsp3) is 0.167. The Morgan fingerprint density at radius 1 is 1.73 bits per heavy atom. The number of aliphatic hydroxyl groups is 1. The first-order valence-corrected chi connectivity index (χ1v) is 4.83. The molecular formula is C6H6INO3. The van der Waals surface area contributed by atoms with E-state index in [0.717, 1.165) is 0 Å². The molecule has 0 fully saturated rings. The zero-order chi connectivity index (χ0) is 8.27. The number of halogens is 1. The van der Waals surface area contributed by atoms with Crippen molar-refractivity contribution in [3.63, 3.8) is 0 Å². The molecule has 4 nitrogen and oxygen atoms in total. The summed E-state index contributed by atoms with van der Waals surface area (Å²) in [4.78, 5) is 10.8. The maximum absolute atomic E-state index is 10.8. The summed E-state index contributed by atoms with van der Waals surface area (Å²) in [5.41, 5.74) is 0.290. The minimum atomic E-state index is -0.755. The van der Waals surface area contributed by atoms with E-state index in [4.69, 9.17) is 5.11 Å². The second kappa shape index (κ2) is 3.72. The molecular weight excluding hydrogens is 261 g/mol. The van der Waals surface area contributed by atoms with Gasteiger partial charge in [-0.3, -0.25) is 0 Å². The molecule has 60 valence electrons. The Morgan fingerprint density at radius 3 is 2.91 bits per heavy atom. The molecule has 0 aromatic carbocycles. The molecule has 0 saturated carbocycles. The van der Waals surface area contributed by atoms with Crippen LogP contribution >= 0.6 is 21.0 Å². The average molecular weight is 267 g/mol. The van der Waals surface area contributed by atoms with Gasteiger partial charge in [0.2, 0.25) is 0 Å². The van der Waals surface area contributed by atoms with Crippen LogP contribution in [0, 0.1) is 0 Å². The first-order valence-electron chi connectivity index (χ1n) is 2.78. The van der Waals surface area contributed by atoms with Crippen molar-refractivity contribution in [1.29, 1.82) is 0 Å².